The summed E-state index contributed by atoms with van der Waals surface area (Å²) in [6, 6.07) is 14.9. The minimum absolute atomic E-state index is 0. The highest BCUT2D eigenvalue weighted by molar-refractivity contribution is 5.85. The maximum atomic E-state index is 5.53. The molecule has 0 radical (unpaired) electrons. The first-order valence-corrected chi connectivity index (χ1v) is 7.30. The van der Waals surface area contributed by atoms with Crippen LogP contribution in [0, 0.1) is 0 Å². The van der Waals surface area contributed by atoms with Gasteiger partial charge in [0.05, 0.1) is 7.11 Å². The number of ether oxygens (including phenoxy) is 1. The first-order valence-electron chi connectivity index (χ1n) is 7.30. The molecule has 1 heterocycles. The lowest BCUT2D eigenvalue weighted by atomic mass is 9.91. The van der Waals surface area contributed by atoms with E-state index >= 15 is 0 Å². The summed E-state index contributed by atoms with van der Waals surface area (Å²) in [5, 5.41) is 0. The number of methoxy groups -OCH3 is 1. The Morgan fingerprint density at radius 3 is 2.57 bits per heavy atom. The van der Waals surface area contributed by atoms with E-state index in [2.05, 4.69) is 42.2 Å². The summed E-state index contributed by atoms with van der Waals surface area (Å²) in [5.74, 6) is 0.953. The first kappa shape index (κ1) is 15.9. The van der Waals surface area contributed by atoms with Gasteiger partial charge in [-0.2, -0.15) is 0 Å². The third-order valence-electron chi connectivity index (χ3n) is 4.20. The van der Waals surface area contributed by atoms with Gasteiger partial charge in [-0.25, -0.2) is 0 Å². The number of halogens is 1. The molecule has 2 aromatic rings. The molecule has 21 heavy (non-hydrogen) atoms. The van der Waals surface area contributed by atoms with Gasteiger partial charge in [-0.15, -0.1) is 12.4 Å². The predicted octanol–water partition coefficient (Wildman–Crippen LogP) is 4.16. The third kappa shape index (κ3) is 3.07. The summed E-state index contributed by atoms with van der Waals surface area (Å²) in [6.45, 7) is 5.55. The van der Waals surface area contributed by atoms with Gasteiger partial charge in [-0.1, -0.05) is 43.3 Å². The summed E-state index contributed by atoms with van der Waals surface area (Å²) >= 11 is 0. The Hall–Kier alpha value is -1.51. The molecule has 3 rings (SSSR count). The zero-order valence-corrected chi connectivity index (χ0v) is 13.5. The lowest BCUT2D eigenvalue weighted by molar-refractivity contribution is 0.268. The molecule has 0 aliphatic carbocycles. The zero-order chi connectivity index (χ0) is 13.9. The van der Waals surface area contributed by atoms with Gasteiger partial charge in [0.2, 0.25) is 0 Å². The number of rotatable bonds is 3. The Balaban J connectivity index is 0.00000161. The van der Waals surface area contributed by atoms with Gasteiger partial charge >= 0.3 is 0 Å². The minimum Gasteiger partial charge on any atom is -0.496 e. The number of hydrogen-bond acceptors (Lipinski definition) is 2. The molecule has 0 unspecified atom stereocenters. The maximum Gasteiger partial charge on any atom is 0.126 e. The van der Waals surface area contributed by atoms with Crippen LogP contribution in [0.1, 0.15) is 18.1 Å². The van der Waals surface area contributed by atoms with Crippen LogP contribution in [0.25, 0.3) is 11.1 Å². The van der Waals surface area contributed by atoms with Gasteiger partial charge in [0, 0.05) is 18.7 Å². The molecule has 3 heteroatoms. The van der Waals surface area contributed by atoms with Crippen LogP contribution in [0.2, 0.25) is 0 Å². The molecule has 112 valence electrons. The Bertz CT molecular complexity index is 612. The number of nitrogens with zero attached hydrogens (tertiary/aromatic N) is 1. The molecule has 0 amide bonds. The van der Waals surface area contributed by atoms with Gasteiger partial charge in [-0.05, 0) is 35.7 Å². The second kappa shape index (κ2) is 6.97. The molecule has 0 bridgehead atoms. The Morgan fingerprint density at radius 2 is 1.81 bits per heavy atom. The molecule has 2 aromatic carbocycles. The van der Waals surface area contributed by atoms with Crippen molar-refractivity contribution in [2.24, 2.45) is 0 Å². The number of hydrogen-bond donors (Lipinski definition) is 0. The van der Waals surface area contributed by atoms with E-state index in [1.165, 1.54) is 28.8 Å². The molecule has 0 aromatic heterocycles. The highest BCUT2D eigenvalue weighted by atomic mass is 35.5. The molecular weight excluding hydrogens is 282 g/mol. The lowest BCUT2D eigenvalue weighted by Crippen LogP contribution is -2.30. The van der Waals surface area contributed by atoms with E-state index in [9.17, 15) is 0 Å². The lowest BCUT2D eigenvalue weighted by Gasteiger charge is -2.29. The van der Waals surface area contributed by atoms with Crippen molar-refractivity contribution in [3.8, 4) is 16.9 Å². The van der Waals surface area contributed by atoms with Gasteiger partial charge in [0.1, 0.15) is 5.75 Å². The van der Waals surface area contributed by atoms with Crippen molar-refractivity contribution in [2.75, 3.05) is 20.2 Å². The fraction of sp³-hybridized carbons (Fsp3) is 0.333. The zero-order valence-electron chi connectivity index (χ0n) is 12.6. The average molecular weight is 304 g/mol. The molecule has 1 aliphatic rings. The molecule has 0 saturated heterocycles. The monoisotopic (exact) mass is 303 g/mol. The normalized spacial score (nSPS) is 14.2. The van der Waals surface area contributed by atoms with Crippen molar-refractivity contribution in [1.82, 2.24) is 4.90 Å². The highest BCUT2D eigenvalue weighted by Gasteiger charge is 2.19. The quantitative estimate of drug-likeness (QED) is 0.844. The summed E-state index contributed by atoms with van der Waals surface area (Å²) < 4.78 is 5.53. The van der Waals surface area contributed by atoms with E-state index in [1.807, 2.05) is 12.1 Å². The number of likely N-dealkylation sites (N-methyl/N-ethyl adjacent to an activating group) is 1. The fourth-order valence-corrected chi connectivity index (χ4v) is 3.03. The second-order valence-corrected chi connectivity index (χ2v) is 5.26. The van der Waals surface area contributed by atoms with Crippen LogP contribution < -0.4 is 4.74 Å². The highest BCUT2D eigenvalue weighted by Crippen LogP contribution is 2.35. The molecule has 2 nitrogen and oxygen atoms in total. The number of para-hydroxylation sites is 1. The van der Waals surface area contributed by atoms with Crippen LogP contribution in [0.3, 0.4) is 0 Å². The van der Waals surface area contributed by atoms with E-state index in [4.69, 9.17) is 4.74 Å². The van der Waals surface area contributed by atoms with Crippen molar-refractivity contribution in [2.45, 2.75) is 19.9 Å². The SMILES string of the molecule is CCN1CCc2cccc(-c3ccccc3OC)c2C1.Cl. The summed E-state index contributed by atoms with van der Waals surface area (Å²) in [5.41, 5.74) is 5.46. The van der Waals surface area contributed by atoms with Gasteiger partial charge in [0.15, 0.2) is 0 Å². The smallest absolute Gasteiger partial charge is 0.126 e. The van der Waals surface area contributed by atoms with Crippen LogP contribution in [0.4, 0.5) is 0 Å². The largest absolute Gasteiger partial charge is 0.496 e. The molecule has 0 fully saturated rings. The summed E-state index contributed by atoms with van der Waals surface area (Å²) in [4.78, 5) is 2.50. The fourth-order valence-electron chi connectivity index (χ4n) is 3.03. The van der Waals surface area contributed by atoms with Crippen molar-refractivity contribution in [3.05, 3.63) is 53.6 Å². The molecule has 0 atom stereocenters. The van der Waals surface area contributed by atoms with Crippen LogP contribution in [0.15, 0.2) is 42.5 Å². The van der Waals surface area contributed by atoms with Gasteiger partial charge < -0.3 is 4.74 Å². The minimum atomic E-state index is 0. The molecule has 0 saturated carbocycles. The van der Waals surface area contributed by atoms with Crippen molar-refractivity contribution < 1.29 is 4.74 Å². The van der Waals surface area contributed by atoms with Crippen LogP contribution in [0.5, 0.6) is 5.75 Å². The van der Waals surface area contributed by atoms with Crippen LogP contribution >= 0.6 is 12.4 Å². The third-order valence-corrected chi connectivity index (χ3v) is 4.20. The topological polar surface area (TPSA) is 12.5 Å². The standard InChI is InChI=1S/C18H21NO.ClH/c1-3-19-12-11-14-7-6-9-15(17(14)13-19)16-8-4-5-10-18(16)20-2;/h4-10H,3,11-13H2,1-2H3;1H. The second-order valence-electron chi connectivity index (χ2n) is 5.26. The van der Waals surface area contributed by atoms with Crippen LogP contribution in [-0.2, 0) is 13.0 Å². The number of fused-ring (bicyclic) bond motifs is 1. The van der Waals surface area contributed by atoms with Crippen molar-refractivity contribution in [3.63, 3.8) is 0 Å². The Morgan fingerprint density at radius 1 is 1.05 bits per heavy atom. The molecule has 0 spiro atoms. The van der Waals surface area contributed by atoms with E-state index in [1.54, 1.807) is 7.11 Å². The van der Waals surface area contributed by atoms with Crippen molar-refractivity contribution in [1.29, 1.82) is 0 Å². The average Bonchev–Trinajstić information content (AvgIpc) is 2.53. The van der Waals surface area contributed by atoms with E-state index in [0.29, 0.717) is 0 Å². The van der Waals surface area contributed by atoms with E-state index in [-0.39, 0.29) is 12.4 Å². The van der Waals surface area contributed by atoms with Gasteiger partial charge in [0.25, 0.3) is 0 Å². The van der Waals surface area contributed by atoms with Crippen molar-refractivity contribution >= 4 is 12.4 Å². The van der Waals surface area contributed by atoms with E-state index in [0.717, 1.165) is 25.3 Å². The van der Waals surface area contributed by atoms with E-state index < -0.39 is 0 Å². The predicted molar refractivity (Wildman–Crippen MR) is 90.3 cm³/mol. The Labute approximate surface area is 133 Å². The number of benzene rings is 2. The summed E-state index contributed by atoms with van der Waals surface area (Å²) in [7, 11) is 1.74. The first-order chi connectivity index (χ1) is 9.83. The van der Waals surface area contributed by atoms with Crippen LogP contribution in [-0.4, -0.2) is 25.1 Å². The summed E-state index contributed by atoms with van der Waals surface area (Å²) in [6.07, 6.45) is 1.15. The van der Waals surface area contributed by atoms with Gasteiger partial charge in [-0.3, -0.25) is 4.90 Å². The molecular formula is C18H22ClNO. The maximum absolute atomic E-state index is 5.53. The molecule has 0 N–H and O–H groups in total. The Kier molecular flexibility index (Phi) is 5.27. The molecule has 1 aliphatic heterocycles.